The molecule has 0 fully saturated rings. The van der Waals surface area contributed by atoms with Gasteiger partial charge < -0.3 is 9.15 Å². The first-order valence-corrected chi connectivity index (χ1v) is 11.1. The van der Waals surface area contributed by atoms with Gasteiger partial charge in [-0.15, -0.1) is 0 Å². The molecule has 0 atom stereocenters. The van der Waals surface area contributed by atoms with Gasteiger partial charge in [-0.2, -0.15) is 0 Å². The van der Waals surface area contributed by atoms with Crippen LogP contribution in [0.1, 0.15) is 17.8 Å². The molecule has 0 saturated heterocycles. The third kappa shape index (κ3) is 2.73. The Morgan fingerprint density at radius 1 is 0.556 bits per heavy atom. The molecular weight excluding hydrogens is 440 g/mol. The Morgan fingerprint density at radius 3 is 2.28 bits per heavy atom. The Balaban J connectivity index is 1.62. The predicted molar refractivity (Wildman–Crippen MR) is 148 cm³/mol. The van der Waals surface area contributed by atoms with Gasteiger partial charge in [-0.05, 0) is 57.9 Å². The first-order chi connectivity index (χ1) is 23.3. The summed E-state index contributed by atoms with van der Waals surface area (Å²) < 4.78 is 126. The molecule has 36 heavy (non-hydrogen) atoms. The van der Waals surface area contributed by atoms with Gasteiger partial charge in [-0.1, -0.05) is 90.8 Å². The summed E-state index contributed by atoms with van der Waals surface area (Å²) in [5.41, 5.74) is -0.169. The van der Waals surface area contributed by atoms with E-state index in [1.165, 1.54) is 0 Å². The summed E-state index contributed by atoms with van der Waals surface area (Å²) in [7, 11) is 0. The van der Waals surface area contributed by atoms with Crippen molar-refractivity contribution in [2.45, 2.75) is 0 Å². The van der Waals surface area contributed by atoms with Crippen molar-refractivity contribution in [1.29, 1.82) is 0 Å². The third-order valence-corrected chi connectivity index (χ3v) is 6.31. The van der Waals surface area contributed by atoms with Crippen LogP contribution in [0, 0.1) is 0 Å². The fourth-order valence-electron chi connectivity index (χ4n) is 4.76. The molecule has 168 valence electrons. The molecule has 0 bridgehead atoms. The van der Waals surface area contributed by atoms with Crippen molar-refractivity contribution in [2.24, 2.45) is 0 Å². The molecule has 0 saturated carbocycles. The highest BCUT2D eigenvalue weighted by atomic mass is 16.5. The van der Waals surface area contributed by atoms with Gasteiger partial charge >= 0.3 is 0 Å². The first kappa shape index (κ1) is 10.8. The molecule has 7 aromatic rings. The second-order valence-electron chi connectivity index (χ2n) is 8.29. The standard InChI is InChI=1S/C34H20O2/c1-2-11-24(27-14-8-15-28-25-12-3-6-17-31(25)36-34(27)28)23(10-1)22-19-21-9-7-18-32-33(21)29(20-22)26-13-4-5-16-30(26)35-32/h1-20H/i1D,2D,4D,5D,7D,9D,10D,11D,13D,16D,18D,19D,20D. The zero-order chi connectivity index (χ0) is 35.0. The zero-order valence-corrected chi connectivity index (χ0v) is 18.4. The lowest BCUT2D eigenvalue weighted by molar-refractivity contribution is 0.487. The maximum atomic E-state index is 9.58. The van der Waals surface area contributed by atoms with Crippen molar-refractivity contribution >= 4 is 32.7 Å². The van der Waals surface area contributed by atoms with E-state index in [1.807, 2.05) is 12.1 Å². The average Bonchev–Trinajstić information content (AvgIpc) is 3.48. The highest BCUT2D eigenvalue weighted by Crippen LogP contribution is 2.49. The van der Waals surface area contributed by atoms with Gasteiger partial charge in [0.05, 0.1) is 17.8 Å². The van der Waals surface area contributed by atoms with Crippen LogP contribution in [0.25, 0.3) is 66.1 Å². The molecule has 0 spiro atoms. The van der Waals surface area contributed by atoms with E-state index >= 15 is 0 Å². The van der Waals surface area contributed by atoms with Crippen LogP contribution in [0.4, 0.5) is 0 Å². The quantitative estimate of drug-likeness (QED) is 0.249. The summed E-state index contributed by atoms with van der Waals surface area (Å²) in [4.78, 5) is 0. The topological polar surface area (TPSA) is 22.4 Å². The normalized spacial score (nSPS) is 17.2. The molecule has 1 aliphatic rings. The number of para-hydroxylation sites is 3. The van der Waals surface area contributed by atoms with Gasteiger partial charge in [-0.25, -0.2) is 0 Å². The smallest absolute Gasteiger partial charge is 0.143 e. The minimum absolute atomic E-state index is 0.0959. The molecular formula is C34H20O2. The van der Waals surface area contributed by atoms with Crippen molar-refractivity contribution in [3.8, 4) is 44.9 Å². The van der Waals surface area contributed by atoms with Crippen LogP contribution in [0.5, 0.6) is 11.5 Å². The Bertz CT molecular complexity index is 2680. The van der Waals surface area contributed by atoms with Crippen LogP contribution < -0.4 is 4.74 Å². The van der Waals surface area contributed by atoms with Crippen molar-refractivity contribution in [2.75, 3.05) is 0 Å². The first-order valence-electron chi connectivity index (χ1n) is 17.6. The van der Waals surface area contributed by atoms with Crippen molar-refractivity contribution in [3.63, 3.8) is 0 Å². The van der Waals surface area contributed by atoms with E-state index in [0.29, 0.717) is 16.6 Å². The summed E-state index contributed by atoms with van der Waals surface area (Å²) in [5, 5.41) is 0.976. The van der Waals surface area contributed by atoms with Gasteiger partial charge in [0.1, 0.15) is 22.7 Å². The lowest BCUT2D eigenvalue weighted by atomic mass is 9.88. The maximum Gasteiger partial charge on any atom is 0.143 e. The minimum Gasteiger partial charge on any atom is -0.456 e. The van der Waals surface area contributed by atoms with E-state index in [9.17, 15) is 2.74 Å². The fraction of sp³-hybridized carbons (Fsp3) is 0. The van der Waals surface area contributed by atoms with Gasteiger partial charge in [0.2, 0.25) is 0 Å². The SMILES string of the molecule is [2H]c1c([2H])c([2H])c2c(c1[2H])Oc1c([2H])c([2H])c([2H])c3c([2H])c(-c4c([2H])c([2H])c([2H])c([2H])c4-c4cccc5c4oc4ccccc45)c([2H])c-2c13. The second-order valence-corrected chi connectivity index (χ2v) is 8.29. The van der Waals surface area contributed by atoms with Crippen LogP contribution in [-0.2, 0) is 0 Å². The van der Waals surface area contributed by atoms with E-state index in [1.54, 1.807) is 30.3 Å². The minimum atomic E-state index is -0.659. The number of rotatable bonds is 2. The zero-order valence-electron chi connectivity index (χ0n) is 31.4. The third-order valence-electron chi connectivity index (χ3n) is 6.31. The van der Waals surface area contributed by atoms with Gasteiger partial charge in [-0.3, -0.25) is 0 Å². The predicted octanol–water partition coefficient (Wildman–Crippen LogP) is 9.85. The summed E-state index contributed by atoms with van der Waals surface area (Å²) in [6, 6.07) is 4.58. The molecule has 0 N–H and O–H groups in total. The molecule has 6 aromatic carbocycles. The largest absolute Gasteiger partial charge is 0.456 e. The van der Waals surface area contributed by atoms with Crippen molar-refractivity contribution in [1.82, 2.24) is 0 Å². The Hall–Kier alpha value is -4.82. The molecule has 0 radical (unpaired) electrons. The summed E-state index contributed by atoms with van der Waals surface area (Å²) in [5.74, 6) is -0.774. The fourth-order valence-corrected chi connectivity index (χ4v) is 4.76. The van der Waals surface area contributed by atoms with E-state index < -0.39 is 84.3 Å². The Kier molecular flexibility index (Phi) is 2.21. The Labute approximate surface area is 226 Å². The number of ether oxygens (including phenoxy) is 1. The van der Waals surface area contributed by atoms with Gasteiger partial charge in [0.25, 0.3) is 0 Å². The Morgan fingerprint density at radius 2 is 1.33 bits per heavy atom. The summed E-state index contributed by atoms with van der Waals surface area (Å²) in [6.45, 7) is 0. The number of hydrogen-bond donors (Lipinski definition) is 0. The van der Waals surface area contributed by atoms with Crippen LogP contribution in [0.2, 0.25) is 0 Å². The molecule has 8 rings (SSSR count). The second kappa shape index (κ2) is 7.34. The van der Waals surface area contributed by atoms with E-state index in [4.69, 9.17) is 24.2 Å². The molecule has 2 heterocycles. The molecule has 1 aliphatic heterocycles. The number of fused-ring (bicyclic) bond motifs is 5. The van der Waals surface area contributed by atoms with E-state index in [2.05, 4.69) is 0 Å². The summed E-state index contributed by atoms with van der Waals surface area (Å²) in [6.07, 6.45) is 0. The molecule has 1 aromatic heterocycles. The number of furan rings is 1. The van der Waals surface area contributed by atoms with Gasteiger partial charge in [0, 0.05) is 27.3 Å². The number of hydrogen-bond acceptors (Lipinski definition) is 2. The van der Waals surface area contributed by atoms with Crippen LogP contribution in [0.3, 0.4) is 0 Å². The molecule has 0 aliphatic carbocycles. The molecule has 0 unspecified atom stereocenters. The number of benzene rings is 6. The lowest BCUT2D eigenvalue weighted by Gasteiger charge is -2.22. The van der Waals surface area contributed by atoms with Crippen LogP contribution in [-0.4, -0.2) is 0 Å². The molecule has 2 nitrogen and oxygen atoms in total. The van der Waals surface area contributed by atoms with Crippen LogP contribution >= 0.6 is 0 Å². The highest BCUT2D eigenvalue weighted by molar-refractivity contribution is 6.11. The van der Waals surface area contributed by atoms with E-state index in [0.717, 1.165) is 5.39 Å². The lowest BCUT2D eigenvalue weighted by Crippen LogP contribution is -1.97. The van der Waals surface area contributed by atoms with Crippen LogP contribution in [0.15, 0.2) is 125 Å². The maximum absolute atomic E-state index is 9.58. The van der Waals surface area contributed by atoms with Gasteiger partial charge in [0.15, 0.2) is 0 Å². The van der Waals surface area contributed by atoms with E-state index in [-0.39, 0.29) is 49.9 Å². The summed E-state index contributed by atoms with van der Waals surface area (Å²) >= 11 is 0. The molecule has 0 amide bonds. The van der Waals surface area contributed by atoms with Crippen molar-refractivity contribution in [3.05, 3.63) is 121 Å². The molecule has 2 heteroatoms. The monoisotopic (exact) mass is 473 g/mol. The average molecular weight is 474 g/mol. The highest BCUT2D eigenvalue weighted by Gasteiger charge is 2.22. The van der Waals surface area contributed by atoms with Crippen molar-refractivity contribution < 1.29 is 27.0 Å².